The van der Waals surface area contributed by atoms with Crippen molar-refractivity contribution < 1.29 is 9.59 Å². The molecule has 0 spiro atoms. The molecule has 3 N–H and O–H groups in total. The van der Waals surface area contributed by atoms with Gasteiger partial charge in [0.1, 0.15) is 5.54 Å². The molecule has 26 heavy (non-hydrogen) atoms. The summed E-state index contributed by atoms with van der Waals surface area (Å²) in [7, 11) is 1.65. The Morgan fingerprint density at radius 2 is 1.81 bits per heavy atom. The number of carbonyl (C=O) groups is 2. The van der Waals surface area contributed by atoms with E-state index in [1.807, 2.05) is 4.90 Å². The third-order valence-electron chi connectivity index (χ3n) is 5.69. The number of piperidine rings is 1. The Labute approximate surface area is 157 Å². The predicted molar refractivity (Wildman–Crippen MR) is 104 cm³/mol. The average molecular weight is 366 g/mol. The van der Waals surface area contributed by atoms with E-state index in [0.29, 0.717) is 18.4 Å². The van der Waals surface area contributed by atoms with Crippen molar-refractivity contribution in [1.29, 1.82) is 0 Å². The summed E-state index contributed by atoms with van der Waals surface area (Å²) in [6.45, 7) is 6.34. The number of likely N-dealkylation sites (tertiary alicyclic amines) is 1. The van der Waals surface area contributed by atoms with Crippen LogP contribution >= 0.6 is 0 Å². The lowest BCUT2D eigenvalue weighted by Gasteiger charge is -2.34. The normalized spacial score (nSPS) is 20.4. The van der Waals surface area contributed by atoms with E-state index in [1.54, 1.807) is 11.9 Å². The van der Waals surface area contributed by atoms with Gasteiger partial charge >= 0.3 is 6.03 Å². The Morgan fingerprint density at radius 3 is 2.31 bits per heavy atom. The van der Waals surface area contributed by atoms with Crippen molar-refractivity contribution in [2.75, 3.05) is 26.7 Å². The molecule has 0 radical (unpaired) electrons. The van der Waals surface area contributed by atoms with Crippen molar-refractivity contribution in [2.45, 2.75) is 70.8 Å². The number of rotatable bonds is 8. The lowest BCUT2D eigenvalue weighted by atomic mass is 9.87. The zero-order valence-electron chi connectivity index (χ0n) is 16.6. The van der Waals surface area contributed by atoms with Crippen molar-refractivity contribution in [3.63, 3.8) is 0 Å². The first-order chi connectivity index (χ1) is 12.5. The highest BCUT2D eigenvalue weighted by molar-refractivity contribution is 6.06. The van der Waals surface area contributed by atoms with Gasteiger partial charge in [0, 0.05) is 26.7 Å². The van der Waals surface area contributed by atoms with E-state index in [9.17, 15) is 9.59 Å². The van der Waals surface area contributed by atoms with Gasteiger partial charge < -0.3 is 16.0 Å². The maximum atomic E-state index is 13.2. The smallest absolute Gasteiger partial charge is 0.317 e. The third-order valence-corrected chi connectivity index (χ3v) is 5.69. The van der Waals surface area contributed by atoms with Gasteiger partial charge in [0.2, 0.25) is 0 Å². The summed E-state index contributed by atoms with van der Waals surface area (Å²) in [5, 5.41) is 2.67. The number of nitrogens with zero attached hydrogens (tertiary/aromatic N) is 3. The summed E-state index contributed by atoms with van der Waals surface area (Å²) in [5.41, 5.74) is 5.54. The first kappa shape index (κ1) is 20.5. The molecule has 0 aromatic rings. The summed E-state index contributed by atoms with van der Waals surface area (Å²) >= 11 is 0. The SMILES string of the molecule is CCCCC1(CCCC)N=C(N)N(CC2CCN(C(=O)NC)CC2)C1=O. The Kier molecular flexibility index (Phi) is 7.29. The summed E-state index contributed by atoms with van der Waals surface area (Å²) in [5.74, 6) is 0.836. The molecule has 7 heteroatoms. The van der Waals surface area contributed by atoms with E-state index < -0.39 is 5.54 Å². The number of hydrogen-bond acceptors (Lipinski definition) is 4. The van der Waals surface area contributed by atoms with Gasteiger partial charge in [-0.15, -0.1) is 0 Å². The van der Waals surface area contributed by atoms with Gasteiger partial charge in [-0.05, 0) is 31.6 Å². The number of hydrogen-bond donors (Lipinski definition) is 2. The molecule has 3 amide bonds. The van der Waals surface area contributed by atoms with Crippen LogP contribution in [0.1, 0.15) is 65.2 Å². The minimum absolute atomic E-state index is 0.0278. The molecule has 2 rings (SSSR count). The van der Waals surface area contributed by atoms with E-state index in [-0.39, 0.29) is 11.9 Å². The van der Waals surface area contributed by atoms with Crippen molar-refractivity contribution in [3.05, 3.63) is 0 Å². The number of carbonyl (C=O) groups excluding carboxylic acids is 2. The highest BCUT2D eigenvalue weighted by Crippen LogP contribution is 2.34. The van der Waals surface area contributed by atoms with Crippen molar-refractivity contribution in [2.24, 2.45) is 16.6 Å². The minimum Gasteiger partial charge on any atom is -0.369 e. The van der Waals surface area contributed by atoms with Gasteiger partial charge in [0.05, 0.1) is 0 Å². The summed E-state index contributed by atoms with van der Waals surface area (Å²) in [6.07, 6.45) is 7.43. The zero-order valence-corrected chi connectivity index (χ0v) is 16.6. The van der Waals surface area contributed by atoms with E-state index in [0.717, 1.165) is 64.5 Å². The molecule has 0 bridgehead atoms. The number of unbranched alkanes of at least 4 members (excludes halogenated alkanes) is 2. The minimum atomic E-state index is -0.640. The van der Waals surface area contributed by atoms with E-state index in [1.165, 1.54) is 0 Å². The summed E-state index contributed by atoms with van der Waals surface area (Å²) < 4.78 is 0. The van der Waals surface area contributed by atoms with Crippen LogP contribution in [-0.4, -0.2) is 59.9 Å². The molecule has 1 saturated heterocycles. The molecule has 0 unspecified atom stereocenters. The molecule has 7 nitrogen and oxygen atoms in total. The first-order valence-corrected chi connectivity index (χ1v) is 10.1. The lowest BCUT2D eigenvalue weighted by molar-refractivity contribution is -0.132. The van der Waals surface area contributed by atoms with Crippen LogP contribution in [0.25, 0.3) is 0 Å². The van der Waals surface area contributed by atoms with Gasteiger partial charge in [-0.2, -0.15) is 0 Å². The Hall–Kier alpha value is -1.79. The van der Waals surface area contributed by atoms with E-state index >= 15 is 0 Å². The molecule has 148 valence electrons. The molecule has 0 aliphatic carbocycles. The van der Waals surface area contributed by atoms with Crippen LogP contribution in [0.4, 0.5) is 4.79 Å². The third kappa shape index (κ3) is 4.48. The van der Waals surface area contributed by atoms with Crippen LogP contribution in [0.5, 0.6) is 0 Å². The number of amides is 3. The molecular formula is C19H35N5O2. The monoisotopic (exact) mass is 365 g/mol. The highest BCUT2D eigenvalue weighted by atomic mass is 16.2. The van der Waals surface area contributed by atoms with Crippen LogP contribution in [-0.2, 0) is 4.79 Å². The van der Waals surface area contributed by atoms with Crippen molar-refractivity contribution in [3.8, 4) is 0 Å². The fourth-order valence-corrected chi connectivity index (χ4v) is 3.98. The molecule has 2 heterocycles. The molecular weight excluding hydrogens is 330 g/mol. The van der Waals surface area contributed by atoms with Gasteiger partial charge in [-0.25, -0.2) is 9.79 Å². The van der Waals surface area contributed by atoms with Crippen molar-refractivity contribution in [1.82, 2.24) is 15.1 Å². The fraction of sp³-hybridized carbons (Fsp3) is 0.842. The number of aliphatic imine (C=N–C) groups is 1. The Morgan fingerprint density at radius 1 is 1.23 bits per heavy atom. The molecule has 2 aliphatic heterocycles. The summed E-state index contributed by atoms with van der Waals surface area (Å²) in [4.78, 5) is 33.1. The Balaban J connectivity index is 1.99. The summed E-state index contributed by atoms with van der Waals surface area (Å²) in [6, 6.07) is -0.0278. The molecule has 2 aliphatic rings. The van der Waals surface area contributed by atoms with Crippen LogP contribution < -0.4 is 11.1 Å². The van der Waals surface area contributed by atoms with Gasteiger partial charge in [0.15, 0.2) is 5.96 Å². The number of nitrogens with two attached hydrogens (primary N) is 1. The maximum absolute atomic E-state index is 13.2. The highest BCUT2D eigenvalue weighted by Gasteiger charge is 2.47. The number of urea groups is 1. The van der Waals surface area contributed by atoms with Crippen LogP contribution in [0.2, 0.25) is 0 Å². The predicted octanol–water partition coefficient (Wildman–Crippen LogP) is 2.31. The van der Waals surface area contributed by atoms with Gasteiger partial charge in [-0.3, -0.25) is 9.69 Å². The number of guanidine groups is 1. The van der Waals surface area contributed by atoms with E-state index in [2.05, 4.69) is 24.2 Å². The van der Waals surface area contributed by atoms with Crippen LogP contribution in [0, 0.1) is 5.92 Å². The average Bonchev–Trinajstić information content (AvgIpc) is 2.89. The molecule has 0 atom stereocenters. The second-order valence-corrected chi connectivity index (χ2v) is 7.61. The molecule has 0 aromatic carbocycles. The van der Waals surface area contributed by atoms with Crippen LogP contribution in [0.3, 0.4) is 0 Å². The number of nitrogens with one attached hydrogen (secondary N) is 1. The van der Waals surface area contributed by atoms with Crippen molar-refractivity contribution >= 4 is 17.9 Å². The van der Waals surface area contributed by atoms with Crippen LogP contribution in [0.15, 0.2) is 4.99 Å². The topological polar surface area (TPSA) is 91.0 Å². The second-order valence-electron chi connectivity index (χ2n) is 7.61. The second kappa shape index (κ2) is 9.24. The largest absolute Gasteiger partial charge is 0.369 e. The standard InChI is InChI=1S/C19H35N5O2/c1-4-6-10-19(11-7-5-2)16(25)24(17(20)22-19)14-15-8-12-23(13-9-15)18(26)21-3/h15H,4-14H2,1-3H3,(H2,20,22)(H,21,26). The molecule has 0 saturated carbocycles. The Bertz CT molecular complexity index is 518. The quantitative estimate of drug-likeness (QED) is 0.691. The van der Waals surface area contributed by atoms with Gasteiger partial charge in [-0.1, -0.05) is 39.5 Å². The van der Waals surface area contributed by atoms with Gasteiger partial charge in [0.25, 0.3) is 5.91 Å². The first-order valence-electron chi connectivity index (χ1n) is 10.1. The zero-order chi connectivity index (χ0) is 19.2. The van der Waals surface area contributed by atoms with E-state index in [4.69, 9.17) is 5.73 Å². The molecule has 1 fully saturated rings. The fourth-order valence-electron chi connectivity index (χ4n) is 3.98. The maximum Gasteiger partial charge on any atom is 0.317 e. The molecule has 0 aromatic heterocycles. The lowest BCUT2D eigenvalue weighted by Crippen LogP contribution is -2.49.